The molecule has 6 nitrogen and oxygen atoms in total. The van der Waals surface area contributed by atoms with E-state index < -0.39 is 0 Å². The Morgan fingerprint density at radius 1 is 1.19 bits per heavy atom. The van der Waals surface area contributed by atoms with E-state index in [9.17, 15) is 0 Å². The number of hydrogen-bond donors (Lipinski definition) is 3. The van der Waals surface area contributed by atoms with E-state index in [4.69, 9.17) is 0 Å². The summed E-state index contributed by atoms with van der Waals surface area (Å²) in [7, 11) is 0. The van der Waals surface area contributed by atoms with E-state index in [1.54, 1.807) is 6.20 Å². The van der Waals surface area contributed by atoms with E-state index in [2.05, 4.69) is 37.7 Å². The maximum atomic E-state index is 4.64. The smallest absolute Gasteiger partial charge is 0.226 e. The van der Waals surface area contributed by atoms with Crippen molar-refractivity contribution in [3.8, 4) is 0 Å². The predicted molar refractivity (Wildman–Crippen MR) is 85.6 cm³/mol. The molecule has 2 heterocycles. The summed E-state index contributed by atoms with van der Waals surface area (Å²) in [4.78, 5) is 9.11. The largest absolute Gasteiger partial charge is 0.367 e. The van der Waals surface area contributed by atoms with Crippen LogP contribution in [0.25, 0.3) is 11.0 Å². The molecule has 0 spiro atoms. The minimum absolute atomic E-state index is 0.513. The highest BCUT2D eigenvalue weighted by Crippen LogP contribution is 2.25. The summed E-state index contributed by atoms with van der Waals surface area (Å²) in [6.45, 7) is 3.01. The van der Waals surface area contributed by atoms with Crippen molar-refractivity contribution in [2.24, 2.45) is 0 Å². The monoisotopic (exact) mass is 288 g/mol. The van der Waals surface area contributed by atoms with Gasteiger partial charge in [-0.2, -0.15) is 15.1 Å². The van der Waals surface area contributed by atoms with Gasteiger partial charge in [0.1, 0.15) is 5.82 Å². The summed E-state index contributed by atoms with van der Waals surface area (Å²) in [5, 5.41) is 14.9. The molecule has 6 heteroatoms. The molecule has 2 aromatic rings. The first-order valence-corrected chi connectivity index (χ1v) is 8.08. The molecular formula is C15H24N6. The molecule has 0 aliphatic heterocycles. The number of rotatable bonds is 5. The molecule has 2 aromatic heterocycles. The van der Waals surface area contributed by atoms with Crippen LogP contribution in [0.1, 0.15) is 51.9 Å². The van der Waals surface area contributed by atoms with E-state index in [1.807, 2.05) is 0 Å². The van der Waals surface area contributed by atoms with Gasteiger partial charge in [0.15, 0.2) is 5.65 Å². The Morgan fingerprint density at radius 3 is 2.76 bits per heavy atom. The lowest BCUT2D eigenvalue weighted by Crippen LogP contribution is -2.20. The highest BCUT2D eigenvalue weighted by atomic mass is 15.2. The van der Waals surface area contributed by atoms with Crippen molar-refractivity contribution >= 4 is 22.8 Å². The van der Waals surface area contributed by atoms with Crippen LogP contribution in [0, 0.1) is 0 Å². The minimum atomic E-state index is 0.513. The fraction of sp³-hybridized carbons (Fsp3) is 0.667. The van der Waals surface area contributed by atoms with Gasteiger partial charge in [0.05, 0.1) is 11.6 Å². The van der Waals surface area contributed by atoms with E-state index in [1.165, 1.54) is 38.5 Å². The number of nitrogens with zero attached hydrogens (tertiary/aromatic N) is 3. The van der Waals surface area contributed by atoms with Gasteiger partial charge in [-0.1, -0.05) is 32.6 Å². The third kappa shape index (κ3) is 3.43. The van der Waals surface area contributed by atoms with Crippen LogP contribution in [-0.2, 0) is 0 Å². The zero-order chi connectivity index (χ0) is 14.5. The maximum absolute atomic E-state index is 4.64. The molecule has 1 saturated carbocycles. The fourth-order valence-corrected chi connectivity index (χ4v) is 2.88. The molecule has 0 unspecified atom stereocenters. The average Bonchev–Trinajstić information content (AvgIpc) is 2.82. The molecule has 3 rings (SSSR count). The molecular weight excluding hydrogens is 264 g/mol. The molecule has 21 heavy (non-hydrogen) atoms. The lowest BCUT2D eigenvalue weighted by Gasteiger charge is -2.17. The third-order valence-electron chi connectivity index (χ3n) is 4.04. The quantitative estimate of drug-likeness (QED) is 0.736. The lowest BCUT2D eigenvalue weighted by atomic mass is 10.1. The number of nitrogens with one attached hydrogen (secondary N) is 3. The molecule has 0 aromatic carbocycles. The molecule has 0 amide bonds. The number of H-pyrrole nitrogens is 1. The summed E-state index contributed by atoms with van der Waals surface area (Å²) in [6.07, 6.45) is 10.6. The van der Waals surface area contributed by atoms with E-state index in [-0.39, 0.29) is 0 Å². The highest BCUT2D eigenvalue weighted by Gasteiger charge is 2.16. The maximum Gasteiger partial charge on any atom is 0.226 e. The van der Waals surface area contributed by atoms with E-state index in [0.29, 0.717) is 12.0 Å². The van der Waals surface area contributed by atoms with Gasteiger partial charge in [-0.25, -0.2) is 0 Å². The van der Waals surface area contributed by atoms with Gasteiger partial charge in [-0.15, -0.1) is 0 Å². The predicted octanol–water partition coefficient (Wildman–Crippen LogP) is 3.31. The average molecular weight is 288 g/mol. The summed E-state index contributed by atoms with van der Waals surface area (Å²) < 4.78 is 0. The van der Waals surface area contributed by atoms with Crippen LogP contribution in [0.4, 0.5) is 11.8 Å². The fourth-order valence-electron chi connectivity index (χ4n) is 2.88. The van der Waals surface area contributed by atoms with Crippen molar-refractivity contribution in [1.29, 1.82) is 0 Å². The molecule has 1 fully saturated rings. The molecule has 0 saturated heterocycles. The van der Waals surface area contributed by atoms with Crippen LogP contribution in [0.5, 0.6) is 0 Å². The third-order valence-corrected chi connectivity index (χ3v) is 4.04. The lowest BCUT2D eigenvalue weighted by molar-refractivity contribution is 0.618. The van der Waals surface area contributed by atoms with Crippen LogP contribution in [0.15, 0.2) is 6.20 Å². The van der Waals surface area contributed by atoms with Crippen LogP contribution in [-0.4, -0.2) is 32.8 Å². The molecule has 0 atom stereocenters. The SMILES string of the molecule is CCCNc1nc(NC2CCCCCC2)c2cn[nH]c2n1. The Hall–Kier alpha value is -1.85. The summed E-state index contributed by atoms with van der Waals surface area (Å²) >= 11 is 0. The molecule has 3 N–H and O–H groups in total. The Morgan fingerprint density at radius 2 is 2.00 bits per heavy atom. The van der Waals surface area contributed by atoms with Crippen molar-refractivity contribution in [3.63, 3.8) is 0 Å². The van der Waals surface area contributed by atoms with Crippen molar-refractivity contribution < 1.29 is 0 Å². The Kier molecular flexibility index (Phi) is 4.52. The van der Waals surface area contributed by atoms with Gasteiger partial charge in [0.25, 0.3) is 0 Å². The van der Waals surface area contributed by atoms with Gasteiger partial charge in [0, 0.05) is 12.6 Å². The van der Waals surface area contributed by atoms with E-state index >= 15 is 0 Å². The number of aromatic nitrogens is 4. The van der Waals surface area contributed by atoms with Crippen molar-refractivity contribution in [1.82, 2.24) is 20.2 Å². The van der Waals surface area contributed by atoms with Crippen LogP contribution in [0.3, 0.4) is 0 Å². The van der Waals surface area contributed by atoms with Crippen molar-refractivity contribution in [2.45, 2.75) is 57.9 Å². The van der Waals surface area contributed by atoms with Gasteiger partial charge in [0.2, 0.25) is 5.95 Å². The Bertz CT molecular complexity index is 571. The topological polar surface area (TPSA) is 78.5 Å². The molecule has 0 radical (unpaired) electrons. The second-order valence-electron chi connectivity index (χ2n) is 5.79. The van der Waals surface area contributed by atoms with Crippen LogP contribution < -0.4 is 10.6 Å². The van der Waals surface area contributed by atoms with Gasteiger partial charge in [-0.3, -0.25) is 5.10 Å². The summed E-state index contributed by atoms with van der Waals surface area (Å²) in [5.74, 6) is 1.57. The second kappa shape index (κ2) is 6.74. The summed E-state index contributed by atoms with van der Waals surface area (Å²) in [5.41, 5.74) is 0.791. The Balaban J connectivity index is 1.82. The van der Waals surface area contributed by atoms with E-state index in [0.717, 1.165) is 29.8 Å². The number of hydrogen-bond acceptors (Lipinski definition) is 5. The van der Waals surface area contributed by atoms with Gasteiger partial charge >= 0.3 is 0 Å². The number of aromatic amines is 1. The number of fused-ring (bicyclic) bond motifs is 1. The zero-order valence-electron chi connectivity index (χ0n) is 12.7. The standard InChI is InChI=1S/C15H24N6/c1-2-9-16-15-19-13(12-10-17-21-14(12)20-15)18-11-7-5-3-4-6-8-11/h10-11H,2-9H2,1H3,(H3,16,17,18,19,20,21). The van der Waals surface area contributed by atoms with Gasteiger partial charge in [-0.05, 0) is 19.3 Å². The Labute approximate surface area is 125 Å². The minimum Gasteiger partial charge on any atom is -0.367 e. The summed E-state index contributed by atoms with van der Waals surface area (Å²) in [6, 6.07) is 0.513. The van der Waals surface area contributed by atoms with Gasteiger partial charge < -0.3 is 10.6 Å². The zero-order valence-corrected chi connectivity index (χ0v) is 12.7. The first-order chi connectivity index (χ1) is 10.4. The van der Waals surface area contributed by atoms with Crippen molar-refractivity contribution in [2.75, 3.05) is 17.2 Å². The number of anilines is 2. The highest BCUT2D eigenvalue weighted by molar-refractivity contribution is 5.87. The second-order valence-corrected chi connectivity index (χ2v) is 5.79. The van der Waals surface area contributed by atoms with Crippen molar-refractivity contribution in [3.05, 3.63) is 6.20 Å². The first kappa shape index (κ1) is 14.1. The molecule has 114 valence electrons. The van der Waals surface area contributed by atoms with Crippen LogP contribution >= 0.6 is 0 Å². The molecule has 1 aliphatic rings. The van der Waals surface area contributed by atoms with Crippen LogP contribution in [0.2, 0.25) is 0 Å². The normalized spacial score (nSPS) is 16.8. The molecule has 0 bridgehead atoms. The molecule has 1 aliphatic carbocycles. The first-order valence-electron chi connectivity index (χ1n) is 8.08.